The second kappa shape index (κ2) is 4.45. The minimum atomic E-state index is 0.426. The van der Waals surface area contributed by atoms with Crippen LogP contribution in [0.25, 0.3) is 0 Å². The standard InChI is InChI=1S/C3H3NOS.C3H3NO/c6-3-4-1-2-5-3;1-2-5-3-4-1/h1-2H,(H,4,6);1-3H. The van der Waals surface area contributed by atoms with Crippen LogP contribution in [0.4, 0.5) is 0 Å². The highest BCUT2D eigenvalue weighted by Gasteiger charge is 1.68. The van der Waals surface area contributed by atoms with Crippen LogP contribution in [0.2, 0.25) is 0 Å². The molecule has 58 valence electrons. The summed E-state index contributed by atoms with van der Waals surface area (Å²) in [4.78, 5) is 6.63. The minimum Gasteiger partial charge on any atom is -0.452 e. The average Bonchev–Trinajstić information content (AvgIpc) is 2.57. The number of aromatic nitrogens is 2. The van der Waals surface area contributed by atoms with Crippen molar-refractivity contribution >= 4 is 12.2 Å². The topological polar surface area (TPSA) is 55.0 Å². The van der Waals surface area contributed by atoms with Gasteiger partial charge in [0.1, 0.15) is 12.5 Å². The van der Waals surface area contributed by atoms with Gasteiger partial charge in [-0.3, -0.25) is 0 Å². The lowest BCUT2D eigenvalue weighted by atomic mass is 11.0. The van der Waals surface area contributed by atoms with Gasteiger partial charge >= 0.3 is 0 Å². The fraction of sp³-hybridized carbons (Fsp3) is 0. The molecule has 2 rings (SSSR count). The smallest absolute Gasteiger partial charge is 0.265 e. The summed E-state index contributed by atoms with van der Waals surface area (Å²) in [7, 11) is 0. The lowest BCUT2D eigenvalue weighted by Crippen LogP contribution is -1.47. The highest BCUT2D eigenvalue weighted by molar-refractivity contribution is 7.71. The van der Waals surface area contributed by atoms with E-state index < -0.39 is 0 Å². The maximum absolute atomic E-state index is 4.59. The van der Waals surface area contributed by atoms with E-state index in [9.17, 15) is 0 Å². The molecular formula is C6H6N2O2S. The predicted molar refractivity (Wildman–Crippen MR) is 40.4 cm³/mol. The van der Waals surface area contributed by atoms with Crippen molar-refractivity contribution < 1.29 is 8.83 Å². The largest absolute Gasteiger partial charge is 0.452 e. The molecule has 0 saturated heterocycles. The number of rotatable bonds is 0. The van der Waals surface area contributed by atoms with Gasteiger partial charge in [-0.1, -0.05) is 0 Å². The molecule has 2 aromatic rings. The monoisotopic (exact) mass is 170 g/mol. The van der Waals surface area contributed by atoms with Gasteiger partial charge in [0.15, 0.2) is 6.39 Å². The Bertz CT molecular complexity index is 277. The Balaban J connectivity index is 0.000000112. The van der Waals surface area contributed by atoms with Crippen LogP contribution in [0.5, 0.6) is 0 Å². The zero-order valence-corrected chi connectivity index (χ0v) is 6.38. The van der Waals surface area contributed by atoms with Gasteiger partial charge in [0.05, 0.1) is 6.20 Å². The molecular weight excluding hydrogens is 164 g/mol. The SMILES string of the molecule is S=c1[nH]cco1.c1cocn1. The van der Waals surface area contributed by atoms with E-state index in [1.807, 2.05) is 0 Å². The second-order valence-electron chi connectivity index (χ2n) is 1.53. The summed E-state index contributed by atoms with van der Waals surface area (Å²) in [6, 6.07) is 0. The van der Waals surface area contributed by atoms with Crippen LogP contribution in [0.15, 0.2) is 40.1 Å². The van der Waals surface area contributed by atoms with Crippen LogP contribution in [0, 0.1) is 4.84 Å². The van der Waals surface area contributed by atoms with Gasteiger partial charge in [-0.05, 0) is 12.2 Å². The summed E-state index contributed by atoms with van der Waals surface area (Å²) in [5.41, 5.74) is 0. The van der Waals surface area contributed by atoms with E-state index in [0.29, 0.717) is 4.84 Å². The first-order valence-corrected chi connectivity index (χ1v) is 3.25. The van der Waals surface area contributed by atoms with Gasteiger partial charge in [-0.15, -0.1) is 0 Å². The summed E-state index contributed by atoms with van der Waals surface area (Å²) >= 11 is 4.52. The first-order valence-electron chi connectivity index (χ1n) is 2.84. The Hall–Kier alpha value is -1.36. The van der Waals surface area contributed by atoms with Crippen molar-refractivity contribution in [2.24, 2.45) is 0 Å². The zero-order valence-electron chi connectivity index (χ0n) is 5.56. The average molecular weight is 170 g/mol. The molecule has 0 aromatic carbocycles. The van der Waals surface area contributed by atoms with Gasteiger partial charge in [0.2, 0.25) is 0 Å². The van der Waals surface area contributed by atoms with Crippen molar-refractivity contribution in [2.75, 3.05) is 0 Å². The van der Waals surface area contributed by atoms with Crippen LogP contribution < -0.4 is 0 Å². The lowest BCUT2D eigenvalue weighted by molar-refractivity contribution is 0.540. The Labute approximate surface area is 67.9 Å². The van der Waals surface area contributed by atoms with E-state index in [-0.39, 0.29) is 0 Å². The van der Waals surface area contributed by atoms with Crippen molar-refractivity contribution in [2.45, 2.75) is 0 Å². The molecule has 0 aliphatic carbocycles. The number of hydrogen-bond donors (Lipinski definition) is 1. The number of oxazole rings is 2. The molecule has 0 aliphatic heterocycles. The zero-order chi connectivity index (χ0) is 7.94. The quantitative estimate of drug-likeness (QED) is 0.614. The van der Waals surface area contributed by atoms with Gasteiger partial charge in [0, 0.05) is 6.20 Å². The Morgan fingerprint density at radius 3 is 2.55 bits per heavy atom. The number of H-pyrrole nitrogens is 1. The molecule has 2 aromatic heterocycles. The fourth-order valence-electron chi connectivity index (χ4n) is 0.408. The maximum atomic E-state index is 4.59. The number of aromatic amines is 1. The highest BCUT2D eigenvalue weighted by Crippen LogP contribution is 1.80. The van der Waals surface area contributed by atoms with Gasteiger partial charge in [-0.2, -0.15) is 0 Å². The van der Waals surface area contributed by atoms with Crippen LogP contribution in [-0.4, -0.2) is 9.97 Å². The summed E-state index contributed by atoms with van der Waals surface area (Å²) in [5, 5.41) is 0. The van der Waals surface area contributed by atoms with Crippen molar-refractivity contribution in [3.8, 4) is 0 Å². The number of nitrogens with one attached hydrogen (secondary N) is 1. The third kappa shape index (κ3) is 3.36. The molecule has 0 bridgehead atoms. The van der Waals surface area contributed by atoms with Crippen molar-refractivity contribution in [3.63, 3.8) is 0 Å². The summed E-state index contributed by atoms with van der Waals surface area (Å²) < 4.78 is 9.06. The van der Waals surface area contributed by atoms with E-state index in [1.165, 1.54) is 18.9 Å². The van der Waals surface area contributed by atoms with E-state index in [4.69, 9.17) is 0 Å². The first kappa shape index (κ1) is 7.74. The third-order valence-electron chi connectivity index (χ3n) is 0.792. The van der Waals surface area contributed by atoms with E-state index in [0.717, 1.165) is 0 Å². The Morgan fingerprint density at radius 1 is 1.45 bits per heavy atom. The van der Waals surface area contributed by atoms with Crippen LogP contribution in [-0.2, 0) is 0 Å². The summed E-state index contributed by atoms with van der Waals surface area (Å²) in [6.45, 7) is 0. The molecule has 0 saturated carbocycles. The maximum Gasteiger partial charge on any atom is 0.265 e. The van der Waals surface area contributed by atoms with Crippen molar-refractivity contribution in [3.05, 3.63) is 36.2 Å². The molecule has 11 heavy (non-hydrogen) atoms. The molecule has 1 N–H and O–H groups in total. The molecule has 5 heteroatoms. The first-order chi connectivity index (χ1) is 5.39. The van der Waals surface area contributed by atoms with Crippen molar-refractivity contribution in [1.82, 2.24) is 9.97 Å². The van der Waals surface area contributed by atoms with Crippen LogP contribution >= 0.6 is 12.2 Å². The number of nitrogens with zero attached hydrogens (tertiary/aromatic N) is 1. The Morgan fingerprint density at radius 2 is 2.36 bits per heavy atom. The molecule has 0 spiro atoms. The Kier molecular flexibility index (Phi) is 3.14. The number of hydrogen-bond acceptors (Lipinski definition) is 4. The normalized spacial score (nSPS) is 8.36. The molecule has 2 heterocycles. The molecule has 0 radical (unpaired) electrons. The summed E-state index contributed by atoms with van der Waals surface area (Å²) in [6.07, 6.45) is 7.62. The molecule has 0 unspecified atom stereocenters. The van der Waals surface area contributed by atoms with E-state index in [1.54, 1.807) is 12.4 Å². The van der Waals surface area contributed by atoms with Gasteiger partial charge in [-0.25, -0.2) is 4.98 Å². The van der Waals surface area contributed by atoms with Crippen LogP contribution in [0.3, 0.4) is 0 Å². The van der Waals surface area contributed by atoms with E-state index in [2.05, 4.69) is 31.0 Å². The molecule has 4 nitrogen and oxygen atoms in total. The molecule has 0 aliphatic rings. The molecule has 0 amide bonds. The predicted octanol–water partition coefficient (Wildman–Crippen LogP) is 2.01. The van der Waals surface area contributed by atoms with E-state index >= 15 is 0 Å². The van der Waals surface area contributed by atoms with Crippen LogP contribution in [0.1, 0.15) is 0 Å². The minimum absolute atomic E-state index is 0.426. The van der Waals surface area contributed by atoms with Gasteiger partial charge in [0.25, 0.3) is 4.84 Å². The van der Waals surface area contributed by atoms with Crippen molar-refractivity contribution in [1.29, 1.82) is 0 Å². The third-order valence-corrected chi connectivity index (χ3v) is 1.01. The molecule has 0 fully saturated rings. The highest BCUT2D eigenvalue weighted by atomic mass is 32.1. The second-order valence-corrected chi connectivity index (χ2v) is 1.90. The molecule has 0 atom stereocenters. The van der Waals surface area contributed by atoms with Gasteiger partial charge < -0.3 is 13.8 Å². The fourth-order valence-corrected chi connectivity index (χ4v) is 0.531. The summed E-state index contributed by atoms with van der Waals surface area (Å²) in [5.74, 6) is 0. The lowest BCUT2D eigenvalue weighted by Gasteiger charge is -1.55.